The van der Waals surface area contributed by atoms with Gasteiger partial charge in [-0.1, -0.05) is 118 Å². The van der Waals surface area contributed by atoms with E-state index < -0.39 is 0 Å². The normalized spacial score (nSPS) is 14.0. The molecule has 0 saturated carbocycles. The van der Waals surface area contributed by atoms with Gasteiger partial charge in [0, 0.05) is 38.4 Å². The van der Waals surface area contributed by atoms with E-state index in [0.717, 1.165) is 55.5 Å². The van der Waals surface area contributed by atoms with Crippen molar-refractivity contribution in [2.45, 2.75) is 19.3 Å². The maximum Gasteiger partial charge on any atom is 0.231 e. The zero-order valence-electron chi connectivity index (χ0n) is 26.3. The third-order valence-corrected chi connectivity index (χ3v) is 9.80. The van der Waals surface area contributed by atoms with Crippen LogP contribution in [-0.4, -0.2) is 14.5 Å². The molecule has 5 aromatic carbocycles. The van der Waals surface area contributed by atoms with E-state index in [0.29, 0.717) is 11.5 Å². The summed E-state index contributed by atoms with van der Waals surface area (Å²) >= 11 is 0. The Hall–Kier alpha value is -6.00. The van der Waals surface area contributed by atoms with Gasteiger partial charge in [0.15, 0.2) is 5.82 Å². The van der Waals surface area contributed by atoms with Crippen LogP contribution in [0.3, 0.4) is 0 Å². The molecule has 0 unspecified atom stereocenters. The third kappa shape index (κ3) is 3.88. The van der Waals surface area contributed by atoms with E-state index in [1.54, 1.807) is 0 Å². The van der Waals surface area contributed by atoms with Crippen molar-refractivity contribution in [3.63, 3.8) is 0 Å². The Balaban J connectivity index is 1.34. The standard InChI is InChI=1S/C43H31N3O/c1-5-29-31-24-32-30-19-13-14-20-36(30)46(37(32)25-35(31)43(3,4)34(29)6-2)28-21-22-38-33(23-28)39-40(26-15-9-7-10-16-26)44-41(45-42(39)47-38)27-17-11-8-12-18-27/h5-25H,1-2H2,3-4H3. The molecular formula is C43H31N3O. The number of para-hydroxylation sites is 1. The molecule has 4 heteroatoms. The summed E-state index contributed by atoms with van der Waals surface area (Å²) in [7, 11) is 0. The van der Waals surface area contributed by atoms with E-state index in [9.17, 15) is 0 Å². The van der Waals surface area contributed by atoms with Crippen LogP contribution in [-0.2, 0) is 5.41 Å². The smallest absolute Gasteiger partial charge is 0.231 e. The number of allylic oxidation sites excluding steroid dienone is 4. The van der Waals surface area contributed by atoms with Crippen LogP contribution in [0.2, 0.25) is 0 Å². The van der Waals surface area contributed by atoms with Gasteiger partial charge < -0.3 is 8.98 Å². The van der Waals surface area contributed by atoms with E-state index in [1.807, 2.05) is 60.7 Å². The molecular weight excluding hydrogens is 574 g/mol. The third-order valence-electron chi connectivity index (χ3n) is 9.80. The first-order valence-electron chi connectivity index (χ1n) is 15.9. The molecule has 0 N–H and O–H groups in total. The maximum atomic E-state index is 6.48. The van der Waals surface area contributed by atoms with E-state index in [1.165, 1.54) is 27.5 Å². The Bertz CT molecular complexity index is 2620. The van der Waals surface area contributed by atoms with Crippen LogP contribution in [0.5, 0.6) is 0 Å². The lowest BCUT2D eigenvalue weighted by Gasteiger charge is -2.23. The lowest BCUT2D eigenvalue weighted by atomic mass is 9.81. The largest absolute Gasteiger partial charge is 0.438 e. The first-order chi connectivity index (χ1) is 23.0. The SMILES string of the molecule is C=CC1=C(C=C)C(C)(C)c2cc3c(cc21)c1ccccc1n3-c1ccc2oc3nc(-c4ccccc4)nc(-c4ccccc4)c3c2c1. The summed E-state index contributed by atoms with van der Waals surface area (Å²) in [5.41, 5.74) is 12.2. The average Bonchev–Trinajstić information content (AvgIpc) is 3.71. The highest BCUT2D eigenvalue weighted by Gasteiger charge is 2.36. The van der Waals surface area contributed by atoms with E-state index in [4.69, 9.17) is 14.4 Å². The quantitative estimate of drug-likeness (QED) is 0.196. The van der Waals surface area contributed by atoms with E-state index >= 15 is 0 Å². The van der Waals surface area contributed by atoms with Gasteiger partial charge in [-0.05, 0) is 58.7 Å². The van der Waals surface area contributed by atoms with Gasteiger partial charge in [0.05, 0.1) is 22.1 Å². The van der Waals surface area contributed by atoms with Gasteiger partial charge in [0.2, 0.25) is 5.71 Å². The van der Waals surface area contributed by atoms with Crippen molar-refractivity contribution < 1.29 is 4.42 Å². The topological polar surface area (TPSA) is 43.9 Å². The van der Waals surface area contributed by atoms with Crippen molar-refractivity contribution in [3.8, 4) is 28.3 Å². The summed E-state index contributed by atoms with van der Waals surface area (Å²) in [6, 6.07) is 40.2. The van der Waals surface area contributed by atoms with Crippen molar-refractivity contribution in [1.82, 2.24) is 14.5 Å². The molecule has 0 amide bonds. The number of aromatic nitrogens is 3. The van der Waals surface area contributed by atoms with Crippen molar-refractivity contribution in [3.05, 3.63) is 157 Å². The number of furan rings is 1. The first-order valence-corrected chi connectivity index (χ1v) is 15.9. The fourth-order valence-electron chi connectivity index (χ4n) is 7.57. The van der Waals surface area contributed by atoms with E-state index in [2.05, 4.69) is 98.3 Å². The predicted molar refractivity (Wildman–Crippen MR) is 195 cm³/mol. The number of benzene rings is 5. The van der Waals surface area contributed by atoms with Crippen LogP contribution in [0.15, 0.2) is 151 Å². The molecule has 0 fully saturated rings. The van der Waals surface area contributed by atoms with Crippen LogP contribution in [0.25, 0.3) is 77.8 Å². The maximum absolute atomic E-state index is 6.48. The highest BCUT2D eigenvalue weighted by molar-refractivity contribution is 6.14. The van der Waals surface area contributed by atoms with Gasteiger partial charge in [-0.15, -0.1) is 0 Å². The van der Waals surface area contributed by atoms with Crippen molar-refractivity contribution >= 4 is 49.4 Å². The summed E-state index contributed by atoms with van der Waals surface area (Å²) in [6.07, 6.45) is 3.96. The second kappa shape index (κ2) is 10.0. The molecule has 0 radical (unpaired) electrons. The van der Waals surface area contributed by atoms with Crippen molar-refractivity contribution in [2.24, 2.45) is 0 Å². The second-order valence-electron chi connectivity index (χ2n) is 12.7. The Morgan fingerprint density at radius 2 is 1.40 bits per heavy atom. The van der Waals surface area contributed by atoms with E-state index in [-0.39, 0.29) is 5.41 Å². The summed E-state index contributed by atoms with van der Waals surface area (Å²) in [5, 5.41) is 4.30. The van der Waals surface area contributed by atoms with Gasteiger partial charge in [-0.2, -0.15) is 4.98 Å². The molecule has 47 heavy (non-hydrogen) atoms. The Morgan fingerprint density at radius 1 is 0.681 bits per heavy atom. The highest BCUT2D eigenvalue weighted by atomic mass is 16.3. The fourth-order valence-corrected chi connectivity index (χ4v) is 7.57. The molecule has 1 aliphatic carbocycles. The Kier molecular flexibility index (Phi) is 5.81. The highest BCUT2D eigenvalue weighted by Crippen LogP contribution is 2.50. The molecule has 3 aromatic heterocycles. The number of hydrogen-bond donors (Lipinski definition) is 0. The van der Waals surface area contributed by atoms with Crippen LogP contribution in [0.1, 0.15) is 25.0 Å². The van der Waals surface area contributed by atoms with Gasteiger partial charge >= 0.3 is 0 Å². The van der Waals surface area contributed by atoms with Crippen LogP contribution < -0.4 is 0 Å². The van der Waals surface area contributed by atoms with Crippen molar-refractivity contribution in [1.29, 1.82) is 0 Å². The molecule has 8 aromatic rings. The fraction of sp³-hybridized carbons (Fsp3) is 0.0698. The summed E-state index contributed by atoms with van der Waals surface area (Å²) in [4.78, 5) is 10.1. The second-order valence-corrected chi connectivity index (χ2v) is 12.7. The number of fused-ring (bicyclic) bond motifs is 7. The molecule has 4 nitrogen and oxygen atoms in total. The molecule has 3 heterocycles. The first kappa shape index (κ1) is 27.3. The van der Waals surface area contributed by atoms with Crippen molar-refractivity contribution in [2.75, 3.05) is 0 Å². The lowest BCUT2D eigenvalue weighted by molar-refractivity contribution is 0.653. The monoisotopic (exact) mass is 605 g/mol. The lowest BCUT2D eigenvalue weighted by Crippen LogP contribution is -2.16. The molecule has 9 rings (SSSR count). The Labute approximate surface area is 272 Å². The summed E-state index contributed by atoms with van der Waals surface area (Å²) < 4.78 is 8.85. The van der Waals surface area contributed by atoms with Crippen LogP contribution in [0, 0.1) is 0 Å². The Morgan fingerprint density at radius 3 is 2.15 bits per heavy atom. The number of nitrogens with zero attached hydrogens (tertiary/aromatic N) is 3. The minimum absolute atomic E-state index is 0.195. The van der Waals surface area contributed by atoms with Crippen LogP contribution >= 0.6 is 0 Å². The van der Waals surface area contributed by atoms with Crippen LogP contribution in [0.4, 0.5) is 0 Å². The molecule has 0 bridgehead atoms. The predicted octanol–water partition coefficient (Wildman–Crippen LogP) is 11.2. The minimum atomic E-state index is -0.195. The summed E-state index contributed by atoms with van der Waals surface area (Å²) in [5.74, 6) is 0.640. The molecule has 1 aliphatic rings. The van der Waals surface area contributed by atoms with Gasteiger partial charge in [-0.25, -0.2) is 4.98 Å². The molecule has 0 saturated heterocycles. The molecule has 0 spiro atoms. The number of hydrogen-bond acceptors (Lipinski definition) is 3. The molecule has 0 aliphatic heterocycles. The minimum Gasteiger partial charge on any atom is -0.438 e. The molecule has 224 valence electrons. The van der Waals surface area contributed by atoms with Gasteiger partial charge in [0.1, 0.15) is 5.58 Å². The zero-order valence-corrected chi connectivity index (χ0v) is 26.3. The molecule has 0 atom stereocenters. The van der Waals surface area contributed by atoms with Gasteiger partial charge in [-0.3, -0.25) is 0 Å². The van der Waals surface area contributed by atoms with Gasteiger partial charge in [0.25, 0.3) is 0 Å². The average molecular weight is 606 g/mol. The number of rotatable bonds is 5. The zero-order chi connectivity index (χ0) is 31.9. The summed E-state index contributed by atoms with van der Waals surface area (Å²) in [6.45, 7) is 12.9.